The van der Waals surface area contributed by atoms with Crippen LogP contribution >= 0.6 is 0 Å². The Balaban J connectivity index is 2.67. The van der Waals surface area contributed by atoms with E-state index in [-0.39, 0.29) is 0 Å². The number of hydrogen-bond donors (Lipinski definition) is 1. The lowest BCUT2D eigenvalue weighted by Crippen LogP contribution is -1.94. The number of H-pyrrole nitrogens is 1. The first-order valence-electron chi connectivity index (χ1n) is 3.59. The van der Waals surface area contributed by atoms with Gasteiger partial charge in [-0.25, -0.2) is 4.21 Å². The monoisotopic (exact) mass is 197 g/mol. The highest BCUT2D eigenvalue weighted by Gasteiger charge is 2.09. The normalized spacial score (nSPS) is 13.3. The zero-order valence-electron chi connectivity index (χ0n) is 6.85. The minimum Gasteiger partial charge on any atom is -0.290 e. The Hall–Kier alpha value is -1.27. The number of nitrogens with one attached hydrogen (secondary N) is 1. The molecule has 1 aromatic heterocycles. The van der Waals surface area contributed by atoms with Crippen LogP contribution < -0.4 is 0 Å². The maximum atomic E-state index is 11.3. The van der Waals surface area contributed by atoms with Gasteiger partial charge in [0, 0.05) is 0 Å². The van der Waals surface area contributed by atoms with E-state index in [0.717, 1.165) is 5.52 Å². The van der Waals surface area contributed by atoms with Crippen LogP contribution in [0.15, 0.2) is 23.1 Å². The maximum absolute atomic E-state index is 11.3. The standard InChI is InChI=1S/C7H7N3O2S/c1-12-13(11)6-4-2-3-5-7(6)9-10-8-5/h2-4H,1H3,(H,8,9,10). The van der Waals surface area contributed by atoms with Crippen molar-refractivity contribution in [2.75, 3.05) is 7.11 Å². The number of fused-ring (bicyclic) bond motifs is 1. The van der Waals surface area contributed by atoms with Crippen LogP contribution in [-0.2, 0) is 15.3 Å². The Morgan fingerprint density at radius 2 is 2.38 bits per heavy atom. The SMILES string of the molecule is COS(=O)c1cccc2[nH]nnc12. The van der Waals surface area contributed by atoms with Crippen LogP contribution in [0.1, 0.15) is 0 Å². The van der Waals surface area contributed by atoms with Gasteiger partial charge in [-0.05, 0) is 12.1 Å². The van der Waals surface area contributed by atoms with Crippen LogP contribution in [0, 0.1) is 0 Å². The van der Waals surface area contributed by atoms with E-state index in [1.54, 1.807) is 12.1 Å². The molecule has 1 aromatic carbocycles. The molecule has 0 aliphatic carbocycles. The summed E-state index contributed by atoms with van der Waals surface area (Å²) in [6, 6.07) is 5.28. The second-order valence-corrected chi connectivity index (χ2v) is 3.61. The molecule has 13 heavy (non-hydrogen) atoms. The molecule has 2 aromatic rings. The quantitative estimate of drug-likeness (QED) is 0.766. The first kappa shape index (κ1) is 8.33. The van der Waals surface area contributed by atoms with Crippen molar-refractivity contribution in [1.82, 2.24) is 15.4 Å². The molecule has 0 spiro atoms. The average Bonchev–Trinajstić information content (AvgIpc) is 2.63. The second kappa shape index (κ2) is 3.23. The summed E-state index contributed by atoms with van der Waals surface area (Å²) >= 11 is -1.47. The minimum atomic E-state index is -1.47. The molecule has 1 heterocycles. The van der Waals surface area contributed by atoms with Crippen molar-refractivity contribution in [3.8, 4) is 0 Å². The molecule has 0 fully saturated rings. The molecule has 2 rings (SSSR count). The van der Waals surface area contributed by atoms with E-state index in [9.17, 15) is 4.21 Å². The third-order valence-electron chi connectivity index (χ3n) is 1.65. The first-order chi connectivity index (χ1) is 6.33. The van der Waals surface area contributed by atoms with Crippen LogP contribution in [0.2, 0.25) is 0 Å². The zero-order valence-corrected chi connectivity index (χ0v) is 7.67. The van der Waals surface area contributed by atoms with Gasteiger partial charge in [0.15, 0.2) is 11.1 Å². The van der Waals surface area contributed by atoms with Gasteiger partial charge in [0.25, 0.3) is 0 Å². The molecule has 0 saturated carbocycles. The Morgan fingerprint density at radius 3 is 3.15 bits per heavy atom. The highest BCUT2D eigenvalue weighted by Crippen LogP contribution is 2.17. The van der Waals surface area contributed by atoms with Crippen LogP contribution in [0.25, 0.3) is 11.0 Å². The third kappa shape index (κ3) is 1.34. The highest BCUT2D eigenvalue weighted by atomic mass is 32.2. The average molecular weight is 197 g/mol. The van der Waals surface area contributed by atoms with Gasteiger partial charge in [-0.15, -0.1) is 5.10 Å². The molecular formula is C7H7N3O2S. The van der Waals surface area contributed by atoms with E-state index in [1.165, 1.54) is 7.11 Å². The molecule has 0 aliphatic heterocycles. The minimum absolute atomic E-state index is 0.536. The highest BCUT2D eigenvalue weighted by molar-refractivity contribution is 7.80. The van der Waals surface area contributed by atoms with Gasteiger partial charge in [-0.1, -0.05) is 11.3 Å². The molecule has 0 bridgehead atoms. The molecule has 1 N–H and O–H groups in total. The van der Waals surface area contributed by atoms with Crippen molar-refractivity contribution in [3.63, 3.8) is 0 Å². The molecule has 1 unspecified atom stereocenters. The number of aromatic amines is 1. The first-order valence-corrected chi connectivity index (χ1v) is 4.66. The summed E-state index contributed by atoms with van der Waals surface area (Å²) in [5.74, 6) is 0. The summed E-state index contributed by atoms with van der Waals surface area (Å²) < 4.78 is 16.0. The van der Waals surface area contributed by atoms with Crippen LogP contribution in [0.5, 0.6) is 0 Å². The molecular weight excluding hydrogens is 190 g/mol. The molecule has 0 amide bonds. The molecule has 68 valence electrons. The molecule has 0 saturated heterocycles. The fourth-order valence-corrected chi connectivity index (χ4v) is 1.75. The summed E-state index contributed by atoms with van der Waals surface area (Å²) in [7, 11) is 1.38. The van der Waals surface area contributed by atoms with Crippen LogP contribution in [-0.4, -0.2) is 26.7 Å². The van der Waals surface area contributed by atoms with E-state index in [4.69, 9.17) is 4.18 Å². The smallest absolute Gasteiger partial charge is 0.191 e. The largest absolute Gasteiger partial charge is 0.290 e. The summed E-state index contributed by atoms with van der Waals surface area (Å²) in [5, 5.41) is 10.1. The predicted octanol–water partition coefficient (Wildman–Crippen LogP) is 0.627. The van der Waals surface area contributed by atoms with Crippen molar-refractivity contribution < 1.29 is 8.39 Å². The summed E-state index contributed by atoms with van der Waals surface area (Å²) in [6.45, 7) is 0. The van der Waals surface area contributed by atoms with Gasteiger partial charge in [-0.2, -0.15) is 0 Å². The van der Waals surface area contributed by atoms with Crippen molar-refractivity contribution >= 4 is 22.1 Å². The van der Waals surface area contributed by atoms with E-state index in [0.29, 0.717) is 10.4 Å². The van der Waals surface area contributed by atoms with Crippen molar-refractivity contribution in [2.45, 2.75) is 4.90 Å². The summed E-state index contributed by atoms with van der Waals surface area (Å²) in [4.78, 5) is 0.536. The summed E-state index contributed by atoms with van der Waals surface area (Å²) in [6.07, 6.45) is 0. The van der Waals surface area contributed by atoms with E-state index in [1.807, 2.05) is 6.07 Å². The molecule has 6 heteroatoms. The fourth-order valence-electron chi connectivity index (χ4n) is 1.07. The van der Waals surface area contributed by atoms with E-state index >= 15 is 0 Å². The number of hydrogen-bond acceptors (Lipinski definition) is 4. The Morgan fingerprint density at radius 1 is 1.54 bits per heavy atom. The second-order valence-electron chi connectivity index (χ2n) is 2.37. The Labute approximate surface area is 76.8 Å². The van der Waals surface area contributed by atoms with Gasteiger partial charge in [0.2, 0.25) is 0 Å². The molecule has 0 aliphatic rings. The number of benzene rings is 1. The van der Waals surface area contributed by atoms with Crippen LogP contribution in [0.3, 0.4) is 0 Å². The lowest BCUT2D eigenvalue weighted by atomic mass is 10.3. The van der Waals surface area contributed by atoms with Gasteiger partial charge >= 0.3 is 0 Å². The van der Waals surface area contributed by atoms with Crippen molar-refractivity contribution in [2.24, 2.45) is 0 Å². The number of nitrogens with zero attached hydrogens (tertiary/aromatic N) is 2. The third-order valence-corrected chi connectivity index (χ3v) is 2.64. The molecule has 1 atom stereocenters. The predicted molar refractivity (Wildman–Crippen MR) is 47.3 cm³/mol. The Kier molecular flexibility index (Phi) is 2.07. The van der Waals surface area contributed by atoms with Gasteiger partial charge in [0.05, 0.1) is 17.5 Å². The number of aromatic nitrogens is 3. The molecule has 0 radical (unpaired) electrons. The van der Waals surface area contributed by atoms with Crippen molar-refractivity contribution in [1.29, 1.82) is 0 Å². The topological polar surface area (TPSA) is 67.9 Å². The van der Waals surface area contributed by atoms with Crippen molar-refractivity contribution in [3.05, 3.63) is 18.2 Å². The molecule has 5 nitrogen and oxygen atoms in total. The van der Waals surface area contributed by atoms with Gasteiger partial charge in [-0.3, -0.25) is 9.28 Å². The van der Waals surface area contributed by atoms with Gasteiger partial charge in [0.1, 0.15) is 5.52 Å². The Bertz CT molecular complexity index is 454. The van der Waals surface area contributed by atoms with E-state index < -0.39 is 11.1 Å². The fraction of sp³-hybridized carbons (Fsp3) is 0.143. The lowest BCUT2D eigenvalue weighted by Gasteiger charge is -1.97. The zero-order chi connectivity index (χ0) is 9.26. The lowest BCUT2D eigenvalue weighted by molar-refractivity contribution is 0.446. The number of rotatable bonds is 2. The maximum Gasteiger partial charge on any atom is 0.191 e. The van der Waals surface area contributed by atoms with Crippen LogP contribution in [0.4, 0.5) is 0 Å². The van der Waals surface area contributed by atoms with Gasteiger partial charge < -0.3 is 0 Å². The summed E-state index contributed by atoms with van der Waals surface area (Å²) in [5.41, 5.74) is 1.34. The van der Waals surface area contributed by atoms with E-state index in [2.05, 4.69) is 15.4 Å².